The molecule has 1 atom stereocenters. The third-order valence-corrected chi connectivity index (χ3v) is 6.20. The molecule has 112 valence electrons. The molecule has 0 aliphatic carbocycles. The predicted octanol–water partition coefficient (Wildman–Crippen LogP) is 6.79. The summed E-state index contributed by atoms with van der Waals surface area (Å²) in [5.74, 6) is 0.617. The molecule has 0 saturated heterocycles. The van der Waals surface area contributed by atoms with Crippen molar-refractivity contribution >= 4 is 61.7 Å². The zero-order valence-corrected chi connectivity index (χ0v) is 16.8. The van der Waals surface area contributed by atoms with E-state index in [1.54, 1.807) is 6.07 Å². The first-order valence-corrected chi connectivity index (χ1v) is 9.21. The maximum Gasteiger partial charge on any atom is 0.139 e. The van der Waals surface area contributed by atoms with Gasteiger partial charge in [0, 0.05) is 14.7 Å². The van der Waals surface area contributed by atoms with E-state index in [9.17, 15) is 0 Å². The van der Waals surface area contributed by atoms with Crippen LogP contribution in [-0.2, 0) is 0 Å². The van der Waals surface area contributed by atoms with Crippen LogP contribution in [0.1, 0.15) is 28.4 Å². The molecule has 0 aromatic heterocycles. The Hall–Kier alpha value is 0.0300. The molecule has 21 heavy (non-hydrogen) atoms. The number of halogens is 4. The summed E-state index contributed by atoms with van der Waals surface area (Å²) >= 11 is 18.8. The second-order valence-corrected chi connectivity index (χ2v) is 7.39. The van der Waals surface area contributed by atoms with Crippen molar-refractivity contribution < 1.29 is 4.74 Å². The van der Waals surface area contributed by atoms with E-state index in [2.05, 4.69) is 57.6 Å². The smallest absolute Gasteiger partial charge is 0.139 e. The highest BCUT2D eigenvalue weighted by atomic mass is 127. The number of hydrogen-bond donors (Lipinski definition) is 0. The van der Waals surface area contributed by atoms with Crippen molar-refractivity contribution in [1.82, 2.24) is 0 Å². The van der Waals surface area contributed by atoms with Gasteiger partial charge in [0.15, 0.2) is 0 Å². The lowest BCUT2D eigenvalue weighted by atomic mass is 10.0. The Morgan fingerprint density at radius 1 is 1.19 bits per heavy atom. The SMILES string of the molecule is CCOc1cc(Cl)c(C(Br)c2cccc(C)c2I)cc1Cl. The lowest BCUT2D eigenvalue weighted by Gasteiger charge is -2.17. The van der Waals surface area contributed by atoms with Gasteiger partial charge in [-0.2, -0.15) is 0 Å². The molecule has 0 aliphatic rings. The fourth-order valence-electron chi connectivity index (χ4n) is 2.04. The van der Waals surface area contributed by atoms with E-state index in [-0.39, 0.29) is 4.83 Å². The van der Waals surface area contributed by atoms with Crippen molar-refractivity contribution in [2.45, 2.75) is 18.7 Å². The van der Waals surface area contributed by atoms with E-state index >= 15 is 0 Å². The highest BCUT2D eigenvalue weighted by Gasteiger charge is 2.19. The molecule has 5 heteroatoms. The van der Waals surface area contributed by atoms with Gasteiger partial charge in [-0.3, -0.25) is 0 Å². The fourth-order valence-corrected chi connectivity index (χ4v) is 4.52. The molecule has 0 heterocycles. The number of alkyl halides is 1. The van der Waals surface area contributed by atoms with Crippen molar-refractivity contribution in [1.29, 1.82) is 0 Å². The average molecular weight is 500 g/mol. The topological polar surface area (TPSA) is 9.23 Å². The Balaban J connectivity index is 2.46. The van der Waals surface area contributed by atoms with Crippen LogP contribution in [0.25, 0.3) is 0 Å². The summed E-state index contributed by atoms with van der Waals surface area (Å²) in [4.78, 5) is -0.00928. The summed E-state index contributed by atoms with van der Waals surface area (Å²) < 4.78 is 6.69. The molecular formula is C16H14BrCl2IO. The largest absolute Gasteiger partial charge is 0.492 e. The molecule has 0 amide bonds. The van der Waals surface area contributed by atoms with Gasteiger partial charge in [-0.25, -0.2) is 0 Å². The molecule has 0 bridgehead atoms. The molecule has 1 nitrogen and oxygen atoms in total. The second kappa shape index (κ2) is 7.53. The highest BCUT2D eigenvalue weighted by molar-refractivity contribution is 14.1. The number of benzene rings is 2. The standard InChI is InChI=1S/C16H14BrCl2IO/c1-3-21-14-8-12(18)11(7-13(14)19)15(17)10-6-4-5-9(2)16(10)20/h4-8,15H,3H2,1-2H3. The normalized spacial score (nSPS) is 12.3. The Labute approximate surface area is 157 Å². The molecular weight excluding hydrogens is 486 g/mol. The zero-order valence-electron chi connectivity index (χ0n) is 11.6. The maximum absolute atomic E-state index is 6.40. The number of ether oxygens (including phenoxy) is 1. The highest BCUT2D eigenvalue weighted by Crippen LogP contribution is 2.41. The van der Waals surface area contributed by atoms with Crippen LogP contribution in [0.4, 0.5) is 0 Å². The summed E-state index contributed by atoms with van der Waals surface area (Å²) in [6.07, 6.45) is 0. The van der Waals surface area contributed by atoms with Gasteiger partial charge in [0.25, 0.3) is 0 Å². The van der Waals surface area contributed by atoms with E-state index < -0.39 is 0 Å². The van der Waals surface area contributed by atoms with Gasteiger partial charge in [-0.05, 0) is 59.2 Å². The van der Waals surface area contributed by atoms with Crippen molar-refractivity contribution in [3.8, 4) is 5.75 Å². The molecule has 0 spiro atoms. The van der Waals surface area contributed by atoms with Gasteiger partial charge in [-0.15, -0.1) is 0 Å². The van der Waals surface area contributed by atoms with Gasteiger partial charge in [-0.1, -0.05) is 57.3 Å². The Kier molecular flexibility index (Phi) is 6.24. The average Bonchev–Trinajstić information content (AvgIpc) is 2.45. The van der Waals surface area contributed by atoms with Crippen molar-refractivity contribution in [2.24, 2.45) is 0 Å². The predicted molar refractivity (Wildman–Crippen MR) is 102 cm³/mol. The van der Waals surface area contributed by atoms with Crippen LogP contribution >= 0.6 is 61.7 Å². The molecule has 2 aromatic rings. The lowest BCUT2D eigenvalue weighted by molar-refractivity contribution is 0.340. The monoisotopic (exact) mass is 498 g/mol. The quantitative estimate of drug-likeness (QED) is 0.332. The van der Waals surface area contributed by atoms with Gasteiger partial charge < -0.3 is 4.74 Å². The minimum absolute atomic E-state index is 0.00928. The van der Waals surface area contributed by atoms with E-state index in [0.717, 1.165) is 5.56 Å². The van der Waals surface area contributed by atoms with Crippen molar-refractivity contribution in [2.75, 3.05) is 6.61 Å². The molecule has 0 saturated carbocycles. The number of hydrogen-bond acceptors (Lipinski definition) is 1. The number of aryl methyl sites for hydroxylation is 1. The van der Waals surface area contributed by atoms with E-state index in [1.807, 2.05) is 19.1 Å². The Morgan fingerprint density at radius 3 is 2.57 bits per heavy atom. The summed E-state index contributed by atoms with van der Waals surface area (Å²) in [7, 11) is 0. The van der Waals surface area contributed by atoms with Gasteiger partial charge in [0.05, 0.1) is 16.5 Å². The van der Waals surface area contributed by atoms with Crippen LogP contribution in [0.3, 0.4) is 0 Å². The molecule has 2 rings (SSSR count). The van der Waals surface area contributed by atoms with E-state index in [0.29, 0.717) is 22.4 Å². The van der Waals surface area contributed by atoms with Crippen LogP contribution in [0.2, 0.25) is 10.0 Å². The first kappa shape index (κ1) is 17.4. The van der Waals surface area contributed by atoms with Crippen LogP contribution in [-0.4, -0.2) is 6.61 Å². The Morgan fingerprint density at radius 2 is 1.90 bits per heavy atom. The minimum Gasteiger partial charge on any atom is -0.492 e. The molecule has 2 aromatic carbocycles. The lowest BCUT2D eigenvalue weighted by Crippen LogP contribution is -2.00. The molecule has 1 unspecified atom stereocenters. The summed E-state index contributed by atoms with van der Waals surface area (Å²) in [5, 5.41) is 1.21. The summed E-state index contributed by atoms with van der Waals surface area (Å²) in [6, 6.07) is 9.88. The zero-order chi connectivity index (χ0) is 15.6. The van der Waals surface area contributed by atoms with Gasteiger partial charge in [0.1, 0.15) is 5.75 Å². The maximum atomic E-state index is 6.40. The molecule has 0 aliphatic heterocycles. The second-order valence-electron chi connectivity index (χ2n) is 4.58. The molecule has 0 fully saturated rings. The van der Waals surface area contributed by atoms with Crippen LogP contribution < -0.4 is 4.74 Å². The van der Waals surface area contributed by atoms with E-state index in [4.69, 9.17) is 27.9 Å². The summed E-state index contributed by atoms with van der Waals surface area (Å²) in [5.41, 5.74) is 3.36. The van der Waals surface area contributed by atoms with Crippen molar-refractivity contribution in [3.05, 3.63) is 60.6 Å². The fraction of sp³-hybridized carbons (Fsp3) is 0.250. The summed E-state index contributed by atoms with van der Waals surface area (Å²) in [6.45, 7) is 4.57. The first-order chi connectivity index (χ1) is 9.95. The minimum atomic E-state index is -0.00928. The third kappa shape index (κ3) is 3.87. The van der Waals surface area contributed by atoms with Crippen LogP contribution in [0.5, 0.6) is 5.75 Å². The van der Waals surface area contributed by atoms with Gasteiger partial charge in [0.2, 0.25) is 0 Å². The van der Waals surface area contributed by atoms with E-state index in [1.165, 1.54) is 14.7 Å². The third-order valence-electron chi connectivity index (χ3n) is 3.12. The first-order valence-electron chi connectivity index (χ1n) is 6.46. The Bertz CT molecular complexity index is 661. The van der Waals surface area contributed by atoms with Gasteiger partial charge >= 0.3 is 0 Å². The van der Waals surface area contributed by atoms with Crippen LogP contribution in [0.15, 0.2) is 30.3 Å². The molecule has 0 radical (unpaired) electrons. The van der Waals surface area contributed by atoms with Crippen LogP contribution in [0, 0.1) is 10.5 Å². The number of rotatable bonds is 4. The van der Waals surface area contributed by atoms with Crippen molar-refractivity contribution in [3.63, 3.8) is 0 Å². The molecule has 0 N–H and O–H groups in total.